The number of thioether (sulfide) groups is 2. The number of carboxylic acid groups (broad SMARTS) is 3. The van der Waals surface area contributed by atoms with E-state index in [9.17, 15) is 63.3 Å². The fourth-order valence-electron chi connectivity index (χ4n) is 5.96. The van der Waals surface area contributed by atoms with Crippen LogP contribution in [-0.4, -0.2) is 171 Å². The molecule has 15 N–H and O–H groups in total. The van der Waals surface area contributed by atoms with Crippen LogP contribution >= 0.6 is 23.5 Å². The first-order valence-corrected chi connectivity index (χ1v) is 22.5. The zero-order valence-corrected chi connectivity index (χ0v) is 36.8. The van der Waals surface area contributed by atoms with Crippen molar-refractivity contribution < 1.29 is 63.3 Å². The molecule has 1 aliphatic heterocycles. The molecule has 24 nitrogen and oxygen atoms in total. The largest absolute Gasteiger partial charge is 0.481 e. The van der Waals surface area contributed by atoms with E-state index in [1.807, 2.05) is 6.26 Å². The standard InChI is InChI=1S/C36H61N11O13S2/c1-18(42-31(55)21(7-5-13-40-36(38)39)44-30(54)20(37)11-15-61-3)28(52)41-19(2)29(53)43-22(9-10-26(48)49)32(56)46-24(17-27(50)51)34(58)47-14-6-8-25(47)33(57)45-23(35(59)60)12-16-62-4/h18-25H,5-17,37H2,1-4H3,(H,41,52)(H,42,55)(H,43,53)(H,44,54)(H,45,57)(H,46,56)(H,48,49)(H,50,51)(H,59,60)(H4,38,39,40)/t18-,19-,20-,21-,22-,23-,24-,25-/m0/s1. The predicted octanol–water partition coefficient (Wildman–Crippen LogP) is -3.76. The molecule has 1 aliphatic rings. The van der Waals surface area contributed by atoms with Gasteiger partial charge in [0.25, 0.3) is 0 Å². The molecule has 0 spiro atoms. The minimum atomic E-state index is -1.79. The summed E-state index contributed by atoms with van der Waals surface area (Å²) in [6, 6.07) is -10.6. The van der Waals surface area contributed by atoms with Crippen molar-refractivity contribution in [2.75, 3.05) is 37.1 Å². The molecule has 0 aliphatic carbocycles. The maximum atomic E-state index is 13.7. The molecular formula is C36H61N11O13S2. The van der Waals surface area contributed by atoms with Gasteiger partial charge in [0.1, 0.15) is 42.3 Å². The van der Waals surface area contributed by atoms with Gasteiger partial charge in [-0.3, -0.25) is 48.1 Å². The van der Waals surface area contributed by atoms with Crippen molar-refractivity contribution in [2.45, 2.75) is 120 Å². The van der Waals surface area contributed by atoms with Gasteiger partial charge < -0.3 is 69.3 Å². The van der Waals surface area contributed by atoms with Gasteiger partial charge in [-0.05, 0) is 82.8 Å². The van der Waals surface area contributed by atoms with Crippen LogP contribution in [0.15, 0.2) is 4.99 Å². The Bertz CT molecular complexity index is 1640. The summed E-state index contributed by atoms with van der Waals surface area (Å²) in [4.78, 5) is 133. The van der Waals surface area contributed by atoms with Crippen molar-refractivity contribution in [3.63, 3.8) is 0 Å². The number of carbonyl (C=O) groups excluding carboxylic acids is 7. The smallest absolute Gasteiger partial charge is 0.326 e. The molecule has 350 valence electrons. The first kappa shape index (κ1) is 54.6. The highest BCUT2D eigenvalue weighted by Gasteiger charge is 2.40. The summed E-state index contributed by atoms with van der Waals surface area (Å²) in [5.41, 5.74) is 16.7. The summed E-state index contributed by atoms with van der Waals surface area (Å²) < 4.78 is 0. The first-order valence-electron chi connectivity index (χ1n) is 19.7. The third kappa shape index (κ3) is 20.0. The summed E-state index contributed by atoms with van der Waals surface area (Å²) in [7, 11) is 0. The number of nitrogens with two attached hydrogens (primary N) is 3. The summed E-state index contributed by atoms with van der Waals surface area (Å²) in [5.74, 6) is -9.48. The lowest BCUT2D eigenvalue weighted by Crippen LogP contribution is -2.59. The van der Waals surface area contributed by atoms with Crippen LogP contribution in [0, 0.1) is 0 Å². The fraction of sp³-hybridized carbons (Fsp3) is 0.694. The van der Waals surface area contributed by atoms with E-state index in [4.69, 9.17) is 17.2 Å². The van der Waals surface area contributed by atoms with Gasteiger partial charge in [0.05, 0.1) is 12.5 Å². The Balaban J connectivity index is 3.11. The third-order valence-corrected chi connectivity index (χ3v) is 10.7. The molecule has 0 bridgehead atoms. The number of carboxylic acids is 3. The van der Waals surface area contributed by atoms with Crippen LogP contribution in [-0.2, 0) is 47.9 Å². The summed E-state index contributed by atoms with van der Waals surface area (Å²) in [5, 5.41) is 42.8. The Morgan fingerprint density at radius 3 is 1.77 bits per heavy atom. The SMILES string of the molecule is CSCC[C@H](NC(=O)[C@@H]1CCCN1C(=O)[C@H](CC(=O)O)NC(=O)[C@H](CCC(=O)O)NC(=O)[C@H](C)NC(=O)[C@H](C)NC(=O)[C@H](CCCN=C(N)N)NC(=O)[C@@H](N)CCSC)C(=O)O. The van der Waals surface area contributed by atoms with Crippen LogP contribution in [0.25, 0.3) is 0 Å². The molecule has 8 atom stereocenters. The molecule has 0 unspecified atom stereocenters. The lowest BCUT2D eigenvalue weighted by atomic mass is 10.1. The molecule has 0 aromatic heterocycles. The maximum absolute atomic E-state index is 13.7. The maximum Gasteiger partial charge on any atom is 0.326 e. The first-order chi connectivity index (χ1) is 29.1. The highest BCUT2D eigenvalue weighted by Crippen LogP contribution is 2.20. The van der Waals surface area contributed by atoms with Crippen LogP contribution in [0.5, 0.6) is 0 Å². The van der Waals surface area contributed by atoms with Crippen molar-refractivity contribution in [2.24, 2.45) is 22.2 Å². The van der Waals surface area contributed by atoms with Gasteiger partial charge in [0.15, 0.2) is 5.96 Å². The summed E-state index contributed by atoms with van der Waals surface area (Å²) in [6.45, 7) is 2.63. The van der Waals surface area contributed by atoms with E-state index >= 15 is 0 Å². The number of hydrogen-bond acceptors (Lipinski definition) is 14. The summed E-state index contributed by atoms with van der Waals surface area (Å²) in [6.07, 6.45) is 2.61. The summed E-state index contributed by atoms with van der Waals surface area (Å²) >= 11 is 2.84. The van der Waals surface area contributed by atoms with Crippen molar-refractivity contribution >= 4 is 88.7 Å². The topological polar surface area (TPSA) is 397 Å². The van der Waals surface area contributed by atoms with Crippen molar-refractivity contribution in [1.82, 2.24) is 36.8 Å². The second-order valence-corrected chi connectivity index (χ2v) is 16.4. The molecule has 1 saturated heterocycles. The van der Waals surface area contributed by atoms with Crippen LogP contribution < -0.4 is 49.1 Å². The third-order valence-electron chi connectivity index (χ3n) is 9.39. The van der Waals surface area contributed by atoms with Gasteiger partial charge >= 0.3 is 17.9 Å². The highest BCUT2D eigenvalue weighted by atomic mass is 32.2. The number of guanidine groups is 1. The van der Waals surface area contributed by atoms with Crippen molar-refractivity contribution in [3.8, 4) is 0 Å². The molecule has 0 saturated carbocycles. The van der Waals surface area contributed by atoms with E-state index in [0.717, 1.165) is 4.90 Å². The van der Waals surface area contributed by atoms with E-state index in [0.29, 0.717) is 24.3 Å². The Labute approximate surface area is 367 Å². The normalized spacial score (nSPS) is 16.7. The number of nitrogens with one attached hydrogen (secondary N) is 6. The predicted molar refractivity (Wildman–Crippen MR) is 228 cm³/mol. The average Bonchev–Trinajstić information content (AvgIpc) is 3.70. The Kier molecular flexibility index (Phi) is 24.9. The van der Waals surface area contributed by atoms with E-state index in [1.54, 1.807) is 6.26 Å². The van der Waals surface area contributed by atoms with Gasteiger partial charge in [0.2, 0.25) is 41.4 Å². The number of carbonyl (C=O) groups is 10. The van der Waals surface area contributed by atoms with Gasteiger partial charge in [0, 0.05) is 19.5 Å². The van der Waals surface area contributed by atoms with Crippen LogP contribution in [0.1, 0.15) is 71.6 Å². The second-order valence-electron chi connectivity index (χ2n) is 14.4. The van der Waals surface area contributed by atoms with Gasteiger partial charge in [-0.25, -0.2) is 4.79 Å². The molecule has 1 fully saturated rings. The lowest BCUT2D eigenvalue weighted by Gasteiger charge is -2.30. The number of hydrogen-bond donors (Lipinski definition) is 12. The van der Waals surface area contributed by atoms with Crippen LogP contribution in [0.4, 0.5) is 0 Å². The van der Waals surface area contributed by atoms with E-state index in [-0.39, 0.29) is 44.7 Å². The van der Waals surface area contributed by atoms with Gasteiger partial charge in [-0.2, -0.15) is 23.5 Å². The van der Waals surface area contributed by atoms with Crippen LogP contribution in [0.3, 0.4) is 0 Å². The second kappa shape index (κ2) is 28.3. The van der Waals surface area contributed by atoms with Crippen molar-refractivity contribution in [1.29, 1.82) is 0 Å². The molecular weight excluding hydrogens is 859 g/mol. The molecule has 62 heavy (non-hydrogen) atoms. The van der Waals surface area contributed by atoms with Crippen molar-refractivity contribution in [3.05, 3.63) is 0 Å². The molecule has 0 radical (unpaired) electrons. The molecule has 0 aromatic rings. The van der Waals surface area contributed by atoms with E-state index < -0.39 is 127 Å². The Morgan fingerprint density at radius 2 is 1.21 bits per heavy atom. The van der Waals surface area contributed by atoms with Gasteiger partial charge in [-0.1, -0.05) is 0 Å². The number of likely N-dealkylation sites (tertiary alicyclic amines) is 1. The minimum Gasteiger partial charge on any atom is -0.481 e. The average molecular weight is 920 g/mol. The number of aliphatic carboxylic acids is 3. The number of rotatable bonds is 29. The van der Waals surface area contributed by atoms with Crippen LogP contribution in [0.2, 0.25) is 0 Å². The molecule has 7 amide bonds. The molecule has 26 heteroatoms. The zero-order chi connectivity index (χ0) is 47.1. The highest BCUT2D eigenvalue weighted by molar-refractivity contribution is 7.98. The molecule has 0 aromatic carbocycles. The molecule has 1 rings (SSSR count). The fourth-order valence-corrected chi connectivity index (χ4v) is 6.92. The lowest BCUT2D eigenvalue weighted by molar-refractivity contribution is -0.147. The molecule has 1 heterocycles. The number of nitrogens with zero attached hydrogens (tertiary/aromatic N) is 2. The Hall–Kier alpha value is -5.37. The number of amides is 7. The van der Waals surface area contributed by atoms with E-state index in [1.165, 1.54) is 37.4 Å². The number of aliphatic imine (C=N–C) groups is 1. The minimum absolute atomic E-state index is 0.0258. The monoisotopic (exact) mass is 919 g/mol. The van der Waals surface area contributed by atoms with Gasteiger partial charge in [-0.15, -0.1) is 0 Å². The zero-order valence-electron chi connectivity index (χ0n) is 35.2. The van der Waals surface area contributed by atoms with E-state index in [2.05, 4.69) is 36.9 Å². The quantitative estimate of drug-likeness (QED) is 0.0195. The Morgan fingerprint density at radius 1 is 0.677 bits per heavy atom.